The van der Waals surface area contributed by atoms with Gasteiger partial charge >= 0.3 is 0 Å². The van der Waals surface area contributed by atoms with E-state index in [4.69, 9.17) is 0 Å². The largest absolute Gasteiger partial charge is 0.0801 e. The highest BCUT2D eigenvalue weighted by molar-refractivity contribution is 5.42. The highest BCUT2D eigenvalue weighted by Gasteiger charge is 2.22. The first-order valence-corrected chi connectivity index (χ1v) is 7.00. The van der Waals surface area contributed by atoms with E-state index in [2.05, 4.69) is 65.8 Å². The summed E-state index contributed by atoms with van der Waals surface area (Å²) in [6.45, 7) is 13.8. The maximum Gasteiger partial charge on any atom is -0.00589 e. The molecule has 98 valence electrons. The molecular weight excluding hydrogens is 216 g/mol. The second kappa shape index (κ2) is 4.26. The second-order valence-electron chi connectivity index (χ2n) is 7.59. The van der Waals surface area contributed by atoms with E-state index in [-0.39, 0.29) is 5.41 Å². The normalized spacial score (nSPS) is 16.2. The molecule has 0 radical (unpaired) electrons. The van der Waals surface area contributed by atoms with Gasteiger partial charge in [0.05, 0.1) is 0 Å². The number of rotatable bonds is 0. The minimum Gasteiger partial charge on any atom is -0.0801 e. The third kappa shape index (κ3) is 2.68. The minimum atomic E-state index is 0.253. The third-order valence-corrected chi connectivity index (χ3v) is 3.98. The lowest BCUT2D eigenvalue weighted by atomic mass is 9.76. The van der Waals surface area contributed by atoms with E-state index in [0.717, 1.165) is 12.8 Å². The smallest absolute Gasteiger partial charge is 0.00589 e. The predicted octanol–water partition coefficient (Wildman–Crippen LogP) is 5.06. The quantitative estimate of drug-likeness (QED) is 0.558. The molecule has 0 N–H and O–H groups in total. The Morgan fingerprint density at radius 1 is 0.833 bits per heavy atom. The first kappa shape index (κ1) is 13.4. The van der Waals surface area contributed by atoms with Crippen LogP contribution in [0.5, 0.6) is 0 Å². The first-order chi connectivity index (χ1) is 8.18. The molecular formula is C18H26. The molecule has 0 unspecified atom stereocenters. The molecule has 0 aromatic heterocycles. The highest BCUT2D eigenvalue weighted by Crippen LogP contribution is 2.34. The summed E-state index contributed by atoms with van der Waals surface area (Å²) in [4.78, 5) is 0. The number of benzene rings is 1. The second-order valence-corrected chi connectivity index (χ2v) is 7.59. The fraction of sp³-hybridized carbons (Fsp3) is 0.556. The average molecular weight is 242 g/mol. The fourth-order valence-electron chi connectivity index (χ4n) is 2.54. The van der Waals surface area contributed by atoms with Crippen molar-refractivity contribution in [1.29, 1.82) is 0 Å². The van der Waals surface area contributed by atoms with Crippen molar-refractivity contribution in [1.82, 2.24) is 0 Å². The van der Waals surface area contributed by atoms with Crippen molar-refractivity contribution >= 4 is 0 Å². The molecule has 0 spiro atoms. The van der Waals surface area contributed by atoms with Gasteiger partial charge in [0.25, 0.3) is 0 Å². The molecule has 0 saturated heterocycles. The summed E-state index contributed by atoms with van der Waals surface area (Å²) in [5.41, 5.74) is 6.64. The minimum absolute atomic E-state index is 0.253. The van der Waals surface area contributed by atoms with Crippen LogP contribution in [0.15, 0.2) is 29.8 Å². The van der Waals surface area contributed by atoms with Gasteiger partial charge in [-0.15, -0.1) is 0 Å². The molecule has 1 aromatic carbocycles. The summed E-state index contributed by atoms with van der Waals surface area (Å²) in [5.74, 6) is 0. The average Bonchev–Trinajstić information content (AvgIpc) is 2.25. The Labute approximate surface area is 112 Å². The van der Waals surface area contributed by atoms with Crippen LogP contribution in [0.1, 0.15) is 58.2 Å². The fourth-order valence-corrected chi connectivity index (χ4v) is 2.54. The van der Waals surface area contributed by atoms with E-state index >= 15 is 0 Å². The molecule has 0 aliphatic heterocycles. The van der Waals surface area contributed by atoms with E-state index in [0.29, 0.717) is 5.41 Å². The van der Waals surface area contributed by atoms with Crippen LogP contribution in [0.2, 0.25) is 0 Å². The lowest BCUT2D eigenvalue weighted by Gasteiger charge is -2.29. The van der Waals surface area contributed by atoms with Crippen molar-refractivity contribution in [3.05, 3.63) is 46.5 Å². The van der Waals surface area contributed by atoms with Gasteiger partial charge < -0.3 is 0 Å². The van der Waals surface area contributed by atoms with Gasteiger partial charge in [-0.3, -0.25) is 0 Å². The van der Waals surface area contributed by atoms with Crippen molar-refractivity contribution in [3.8, 4) is 0 Å². The van der Waals surface area contributed by atoms with Crippen molar-refractivity contribution < 1.29 is 0 Å². The Bertz CT molecular complexity index is 476. The molecule has 0 heteroatoms. The molecule has 1 aliphatic rings. The van der Waals surface area contributed by atoms with E-state index < -0.39 is 0 Å². The van der Waals surface area contributed by atoms with Gasteiger partial charge in [-0.1, -0.05) is 71.4 Å². The van der Waals surface area contributed by atoms with Crippen LogP contribution in [0.3, 0.4) is 0 Å². The molecule has 0 bridgehead atoms. The standard InChI is InChI=1S/C18H26/c1-17(2,3)15-9-7-14-12-16(18(4,5)6)10-8-13(14)11-15/h7,9-11H,8,12H2,1-6H3. The van der Waals surface area contributed by atoms with Gasteiger partial charge in [-0.25, -0.2) is 0 Å². The van der Waals surface area contributed by atoms with Gasteiger partial charge in [-0.05, 0) is 40.4 Å². The van der Waals surface area contributed by atoms with E-state index in [1.165, 1.54) is 16.7 Å². The zero-order chi connectivity index (χ0) is 13.6. The van der Waals surface area contributed by atoms with E-state index in [1.807, 2.05) is 0 Å². The number of allylic oxidation sites excluding steroid dienone is 2. The number of fused-ring (bicyclic) bond motifs is 1. The molecule has 1 aromatic rings. The Kier molecular flexibility index (Phi) is 3.17. The Hall–Kier alpha value is -1.04. The van der Waals surface area contributed by atoms with Crippen molar-refractivity contribution in [3.63, 3.8) is 0 Å². The maximum atomic E-state index is 2.44. The maximum absolute atomic E-state index is 2.44. The van der Waals surface area contributed by atoms with Crippen LogP contribution in [-0.2, 0) is 18.3 Å². The monoisotopic (exact) mass is 242 g/mol. The predicted molar refractivity (Wildman–Crippen MR) is 80.1 cm³/mol. The van der Waals surface area contributed by atoms with Crippen LogP contribution in [0.4, 0.5) is 0 Å². The van der Waals surface area contributed by atoms with Crippen molar-refractivity contribution in [2.24, 2.45) is 5.41 Å². The molecule has 0 heterocycles. The van der Waals surface area contributed by atoms with Crippen LogP contribution in [0.25, 0.3) is 0 Å². The topological polar surface area (TPSA) is 0 Å². The molecule has 0 amide bonds. The van der Waals surface area contributed by atoms with E-state index in [9.17, 15) is 0 Å². The van der Waals surface area contributed by atoms with Gasteiger partial charge in [0, 0.05) is 0 Å². The molecule has 1 aliphatic carbocycles. The number of hydrogen-bond acceptors (Lipinski definition) is 0. The van der Waals surface area contributed by atoms with Crippen LogP contribution in [0, 0.1) is 5.41 Å². The molecule has 0 atom stereocenters. The van der Waals surface area contributed by atoms with Crippen molar-refractivity contribution in [2.75, 3.05) is 0 Å². The first-order valence-electron chi connectivity index (χ1n) is 7.00. The molecule has 2 rings (SSSR count). The highest BCUT2D eigenvalue weighted by atomic mass is 14.3. The van der Waals surface area contributed by atoms with Gasteiger partial charge in [0.15, 0.2) is 0 Å². The summed E-state index contributed by atoms with van der Waals surface area (Å²) in [6.07, 6.45) is 4.67. The van der Waals surface area contributed by atoms with Crippen molar-refractivity contribution in [2.45, 2.75) is 59.8 Å². The zero-order valence-electron chi connectivity index (χ0n) is 12.7. The van der Waals surface area contributed by atoms with Crippen LogP contribution < -0.4 is 0 Å². The van der Waals surface area contributed by atoms with Crippen LogP contribution >= 0.6 is 0 Å². The summed E-state index contributed by atoms with van der Waals surface area (Å²) in [5, 5.41) is 0. The summed E-state index contributed by atoms with van der Waals surface area (Å²) >= 11 is 0. The summed E-state index contributed by atoms with van der Waals surface area (Å²) < 4.78 is 0. The number of hydrogen-bond donors (Lipinski definition) is 0. The zero-order valence-corrected chi connectivity index (χ0v) is 12.7. The molecule has 0 saturated carbocycles. The van der Waals surface area contributed by atoms with Gasteiger partial charge in [0.1, 0.15) is 0 Å². The Morgan fingerprint density at radius 2 is 1.50 bits per heavy atom. The molecule has 0 fully saturated rings. The Balaban J connectivity index is 2.32. The SMILES string of the molecule is CC(C)(C)C1=CCc2cc(C(C)(C)C)ccc2C1. The van der Waals surface area contributed by atoms with Gasteiger partial charge in [0.2, 0.25) is 0 Å². The summed E-state index contributed by atoms with van der Waals surface area (Å²) in [6, 6.07) is 7.06. The third-order valence-electron chi connectivity index (χ3n) is 3.98. The van der Waals surface area contributed by atoms with Gasteiger partial charge in [-0.2, -0.15) is 0 Å². The lowest BCUT2D eigenvalue weighted by molar-refractivity contribution is 0.486. The van der Waals surface area contributed by atoms with Crippen LogP contribution in [-0.4, -0.2) is 0 Å². The van der Waals surface area contributed by atoms with E-state index in [1.54, 1.807) is 5.57 Å². The lowest BCUT2D eigenvalue weighted by Crippen LogP contribution is -2.17. The molecule has 0 nitrogen and oxygen atoms in total. The Morgan fingerprint density at radius 3 is 2.06 bits per heavy atom. The molecule has 18 heavy (non-hydrogen) atoms. The summed E-state index contributed by atoms with van der Waals surface area (Å²) in [7, 11) is 0.